The number of hydrogen-bond donors (Lipinski definition) is 2. The van der Waals surface area contributed by atoms with Crippen molar-refractivity contribution in [2.75, 3.05) is 19.4 Å². The molecule has 0 aliphatic heterocycles. The number of sulfone groups is 1. The number of nitrogens with one attached hydrogen (secondary N) is 2. The molecule has 1 aromatic heterocycles. The van der Waals surface area contributed by atoms with Crippen LogP contribution in [-0.2, 0) is 16.4 Å². The highest BCUT2D eigenvalue weighted by Gasteiger charge is 2.16. The number of hydrogen-bond acceptors (Lipinski definition) is 7. The zero-order chi connectivity index (χ0) is 26.1. The molecule has 3 rings (SSSR count). The fourth-order valence-corrected chi connectivity index (χ4v) is 3.88. The highest BCUT2D eigenvalue weighted by molar-refractivity contribution is 7.90. The number of rotatable bonds is 12. The summed E-state index contributed by atoms with van der Waals surface area (Å²) in [6.07, 6.45) is 5.95. The van der Waals surface area contributed by atoms with Gasteiger partial charge in [0.15, 0.2) is 15.5 Å². The Balaban J connectivity index is 1.74. The lowest BCUT2D eigenvalue weighted by Gasteiger charge is -2.12. The topological polar surface area (TPSA) is 132 Å². The quantitative estimate of drug-likeness (QED) is 0.282. The van der Waals surface area contributed by atoms with Gasteiger partial charge < -0.3 is 15.4 Å². The first-order chi connectivity index (χ1) is 17.2. The van der Waals surface area contributed by atoms with E-state index >= 15 is 0 Å². The molecule has 0 bridgehead atoms. The second kappa shape index (κ2) is 12.1. The minimum Gasteiger partial charge on any atom is -0.491 e. The average Bonchev–Trinajstić information content (AvgIpc) is 3.35. The third-order valence-electron chi connectivity index (χ3n) is 5.15. The molecule has 190 valence electrons. The largest absolute Gasteiger partial charge is 0.491 e. The Kier molecular flexibility index (Phi) is 8.96. The Morgan fingerprint density at radius 3 is 2.53 bits per heavy atom. The fourth-order valence-electron chi connectivity index (χ4n) is 3.25. The molecule has 11 heteroatoms. The fraction of sp³-hybridized carbons (Fsp3) is 0.280. The van der Waals surface area contributed by atoms with Gasteiger partial charge in [0.1, 0.15) is 11.4 Å². The third-order valence-corrected chi connectivity index (χ3v) is 6.28. The molecule has 0 aliphatic rings. The first kappa shape index (κ1) is 26.6. The highest BCUT2D eigenvalue weighted by atomic mass is 32.2. The van der Waals surface area contributed by atoms with Gasteiger partial charge in [-0.15, -0.1) is 11.7 Å². The van der Waals surface area contributed by atoms with E-state index in [0.717, 1.165) is 24.7 Å². The summed E-state index contributed by atoms with van der Waals surface area (Å²) in [7, 11) is -3.29. The number of unbranched alkanes of at least 4 members (excludes halogenated alkanes) is 1. The molecule has 0 radical (unpaired) electrons. The van der Waals surface area contributed by atoms with Crippen molar-refractivity contribution in [1.82, 2.24) is 25.6 Å². The molecular weight excluding hydrogens is 482 g/mol. The number of aromatic nitrogens is 3. The molecule has 0 unspecified atom stereocenters. The number of allylic oxidation sites excluding steroid dienone is 1. The Labute approximate surface area is 210 Å². The van der Waals surface area contributed by atoms with Crippen molar-refractivity contribution >= 4 is 21.7 Å². The molecule has 2 N–H and O–H groups in total. The van der Waals surface area contributed by atoms with E-state index in [1.165, 1.54) is 23.0 Å². The lowest BCUT2D eigenvalue weighted by molar-refractivity contribution is 0.0941. The van der Waals surface area contributed by atoms with Crippen LogP contribution in [0.15, 0.2) is 66.2 Å². The van der Waals surface area contributed by atoms with Gasteiger partial charge in [0.05, 0.1) is 17.7 Å². The number of benzene rings is 2. The van der Waals surface area contributed by atoms with Crippen LogP contribution in [0.25, 0.3) is 5.69 Å². The molecular formula is C25H29N5O5S. The Hall–Kier alpha value is -3.99. The van der Waals surface area contributed by atoms with Gasteiger partial charge in [0, 0.05) is 24.9 Å². The molecule has 2 amide bonds. The average molecular weight is 512 g/mol. The SMILES string of the molecule is C=CCCCOc1cc(C(=O)NCC)ccc1-n1cc(C(=O)NCc2ccc(S(C)(=O)=O)cc2)nn1. The summed E-state index contributed by atoms with van der Waals surface area (Å²) >= 11 is 0. The van der Waals surface area contributed by atoms with E-state index in [0.29, 0.717) is 30.2 Å². The molecule has 36 heavy (non-hydrogen) atoms. The standard InChI is InChI=1S/C25H29N5O5S/c1-4-6-7-14-35-23-15-19(24(31)26-5-2)10-13-22(23)30-17-21(28-29-30)25(32)27-16-18-8-11-20(12-9-18)36(3,33)34/h4,8-13,15,17H,1,5-7,14,16H2,2-3H3,(H,26,31)(H,27,32). The maximum Gasteiger partial charge on any atom is 0.273 e. The van der Waals surface area contributed by atoms with Crippen LogP contribution in [0.5, 0.6) is 5.75 Å². The third kappa shape index (κ3) is 7.01. The minimum atomic E-state index is -3.29. The smallest absolute Gasteiger partial charge is 0.273 e. The van der Waals surface area contributed by atoms with E-state index < -0.39 is 15.7 Å². The van der Waals surface area contributed by atoms with Gasteiger partial charge in [-0.3, -0.25) is 9.59 Å². The van der Waals surface area contributed by atoms with Crippen LogP contribution < -0.4 is 15.4 Å². The van der Waals surface area contributed by atoms with Crippen molar-refractivity contribution in [1.29, 1.82) is 0 Å². The van der Waals surface area contributed by atoms with Gasteiger partial charge in [-0.05, 0) is 55.7 Å². The Bertz CT molecular complexity index is 1330. The van der Waals surface area contributed by atoms with E-state index in [4.69, 9.17) is 4.74 Å². The van der Waals surface area contributed by atoms with E-state index in [2.05, 4.69) is 27.5 Å². The van der Waals surface area contributed by atoms with E-state index in [1.807, 2.05) is 6.92 Å². The molecule has 0 fully saturated rings. The first-order valence-electron chi connectivity index (χ1n) is 11.4. The normalized spacial score (nSPS) is 11.1. The van der Waals surface area contributed by atoms with Crippen molar-refractivity contribution in [2.45, 2.75) is 31.2 Å². The number of nitrogens with zero attached hydrogens (tertiary/aromatic N) is 3. The number of carbonyl (C=O) groups is 2. The summed E-state index contributed by atoms with van der Waals surface area (Å²) < 4.78 is 30.5. The van der Waals surface area contributed by atoms with Crippen molar-refractivity contribution in [3.8, 4) is 11.4 Å². The number of amides is 2. The minimum absolute atomic E-state index is 0.0909. The number of ether oxygens (including phenoxy) is 1. The molecule has 0 saturated heterocycles. The highest BCUT2D eigenvalue weighted by Crippen LogP contribution is 2.25. The van der Waals surface area contributed by atoms with Crippen molar-refractivity contribution in [2.24, 2.45) is 0 Å². The van der Waals surface area contributed by atoms with Crippen LogP contribution in [0.2, 0.25) is 0 Å². The molecule has 1 heterocycles. The zero-order valence-corrected chi connectivity index (χ0v) is 21.0. The van der Waals surface area contributed by atoms with Crippen LogP contribution in [0, 0.1) is 0 Å². The summed E-state index contributed by atoms with van der Waals surface area (Å²) in [5, 5.41) is 13.5. The van der Waals surface area contributed by atoms with Crippen LogP contribution in [-0.4, -0.2) is 54.6 Å². The molecule has 0 spiro atoms. The van der Waals surface area contributed by atoms with Crippen LogP contribution in [0.4, 0.5) is 0 Å². The van der Waals surface area contributed by atoms with Crippen LogP contribution >= 0.6 is 0 Å². The van der Waals surface area contributed by atoms with Gasteiger partial charge in [-0.2, -0.15) is 0 Å². The van der Waals surface area contributed by atoms with Crippen molar-refractivity contribution < 1.29 is 22.7 Å². The molecule has 10 nitrogen and oxygen atoms in total. The molecule has 3 aromatic rings. The molecule has 0 aliphatic carbocycles. The van der Waals surface area contributed by atoms with Crippen LogP contribution in [0.1, 0.15) is 46.2 Å². The molecule has 0 saturated carbocycles. The summed E-state index contributed by atoms with van der Waals surface area (Å²) in [4.78, 5) is 25.1. The molecule has 2 aromatic carbocycles. The van der Waals surface area contributed by atoms with Gasteiger partial charge >= 0.3 is 0 Å². The van der Waals surface area contributed by atoms with Crippen molar-refractivity contribution in [3.05, 3.63) is 78.1 Å². The first-order valence-corrected chi connectivity index (χ1v) is 13.3. The van der Waals surface area contributed by atoms with Gasteiger partial charge in [-0.25, -0.2) is 13.1 Å². The second-order valence-corrected chi connectivity index (χ2v) is 9.98. The second-order valence-electron chi connectivity index (χ2n) is 7.97. The molecule has 0 atom stereocenters. The summed E-state index contributed by atoms with van der Waals surface area (Å²) in [5.74, 6) is -0.227. The van der Waals surface area contributed by atoms with Gasteiger partial charge in [0.25, 0.3) is 11.8 Å². The predicted octanol–water partition coefficient (Wildman–Crippen LogP) is 2.70. The summed E-state index contributed by atoms with van der Waals surface area (Å²) in [6, 6.07) is 11.2. The predicted molar refractivity (Wildman–Crippen MR) is 135 cm³/mol. The van der Waals surface area contributed by atoms with E-state index in [9.17, 15) is 18.0 Å². The maximum atomic E-state index is 12.6. The monoisotopic (exact) mass is 511 g/mol. The summed E-state index contributed by atoms with van der Waals surface area (Å²) in [5.41, 5.74) is 1.80. The lowest BCUT2D eigenvalue weighted by atomic mass is 10.1. The lowest BCUT2D eigenvalue weighted by Crippen LogP contribution is -2.23. The maximum absolute atomic E-state index is 12.6. The van der Waals surface area contributed by atoms with Gasteiger partial charge in [-0.1, -0.05) is 23.4 Å². The van der Waals surface area contributed by atoms with E-state index in [-0.39, 0.29) is 23.0 Å². The Morgan fingerprint density at radius 2 is 1.86 bits per heavy atom. The number of carbonyl (C=O) groups excluding carboxylic acids is 2. The summed E-state index contributed by atoms with van der Waals surface area (Å²) in [6.45, 7) is 6.64. The van der Waals surface area contributed by atoms with Gasteiger partial charge in [0.2, 0.25) is 0 Å². The zero-order valence-electron chi connectivity index (χ0n) is 20.2. The Morgan fingerprint density at radius 1 is 1.11 bits per heavy atom. The van der Waals surface area contributed by atoms with E-state index in [1.54, 1.807) is 36.4 Å². The van der Waals surface area contributed by atoms with Crippen molar-refractivity contribution in [3.63, 3.8) is 0 Å². The van der Waals surface area contributed by atoms with Crippen LogP contribution in [0.3, 0.4) is 0 Å².